The van der Waals surface area contributed by atoms with E-state index >= 15 is 0 Å². The Bertz CT molecular complexity index is 1210. The highest BCUT2D eigenvalue weighted by Crippen LogP contribution is 2.37. The average Bonchev–Trinajstić information content (AvgIpc) is 3.20. The maximum atomic E-state index is 14.8. The molecule has 4 rings (SSSR count). The molecule has 0 unspecified atom stereocenters. The van der Waals surface area contributed by atoms with E-state index in [4.69, 9.17) is 11.6 Å². The number of halogens is 3. The van der Waals surface area contributed by atoms with Gasteiger partial charge >= 0.3 is 5.97 Å². The van der Waals surface area contributed by atoms with Gasteiger partial charge in [-0.05, 0) is 57.5 Å². The average molecular weight is 490 g/mol. The molecule has 0 aliphatic carbocycles. The Morgan fingerprint density at radius 2 is 2.00 bits per heavy atom. The second kappa shape index (κ2) is 9.68. The van der Waals surface area contributed by atoms with E-state index < -0.39 is 23.0 Å². The zero-order valence-electron chi connectivity index (χ0n) is 19.0. The smallest absolute Gasteiger partial charge is 0.310 e. The number of hydrogen-bond acceptors (Lipinski definition) is 5. The molecule has 1 fully saturated rings. The number of aliphatic carboxylic acids is 1. The first-order chi connectivity index (χ1) is 16.2. The third-order valence-corrected chi connectivity index (χ3v) is 6.68. The SMILES string of the molecule is Cc1cc(Nc2nc(CC3(C(=O)O)CCN(Cc4cccc(Cl)c4F)CC3)c(F)cc2C)n[nH]1. The molecule has 2 aromatic heterocycles. The van der Waals surface area contributed by atoms with Crippen LogP contribution in [0.2, 0.25) is 5.02 Å². The Morgan fingerprint density at radius 3 is 2.65 bits per heavy atom. The topological polar surface area (TPSA) is 94.1 Å². The van der Waals surface area contributed by atoms with Crippen LogP contribution < -0.4 is 5.32 Å². The van der Waals surface area contributed by atoms with Crippen molar-refractivity contribution in [1.82, 2.24) is 20.1 Å². The molecule has 1 aromatic carbocycles. The van der Waals surface area contributed by atoms with Crippen LogP contribution in [0.15, 0.2) is 30.3 Å². The summed E-state index contributed by atoms with van der Waals surface area (Å²) >= 11 is 5.88. The molecule has 1 saturated heterocycles. The molecule has 0 atom stereocenters. The predicted molar refractivity (Wildman–Crippen MR) is 125 cm³/mol. The fourth-order valence-electron chi connectivity index (χ4n) is 4.31. The highest BCUT2D eigenvalue weighted by molar-refractivity contribution is 6.30. The minimum absolute atomic E-state index is 0.0396. The van der Waals surface area contributed by atoms with E-state index in [-0.39, 0.29) is 17.1 Å². The van der Waals surface area contributed by atoms with Gasteiger partial charge in [-0.1, -0.05) is 23.7 Å². The monoisotopic (exact) mass is 489 g/mol. The summed E-state index contributed by atoms with van der Waals surface area (Å²) in [4.78, 5) is 18.7. The fraction of sp³-hybridized carbons (Fsp3) is 0.375. The van der Waals surface area contributed by atoms with Crippen LogP contribution in [0.25, 0.3) is 0 Å². The van der Waals surface area contributed by atoms with Crippen molar-refractivity contribution in [2.24, 2.45) is 5.41 Å². The van der Waals surface area contributed by atoms with E-state index in [2.05, 4.69) is 20.5 Å². The van der Waals surface area contributed by atoms with Crippen LogP contribution in [-0.2, 0) is 17.8 Å². The number of H-pyrrole nitrogens is 1. The number of carbonyl (C=O) groups is 1. The molecule has 180 valence electrons. The van der Waals surface area contributed by atoms with Gasteiger partial charge in [-0.3, -0.25) is 14.8 Å². The minimum atomic E-state index is -1.16. The third-order valence-electron chi connectivity index (χ3n) is 6.39. The van der Waals surface area contributed by atoms with Crippen LogP contribution in [0.4, 0.5) is 20.4 Å². The molecular formula is C24H26ClF2N5O2. The molecule has 3 heterocycles. The zero-order chi connectivity index (χ0) is 24.5. The van der Waals surface area contributed by atoms with E-state index in [0.717, 1.165) is 5.69 Å². The van der Waals surface area contributed by atoms with Crippen molar-refractivity contribution >= 4 is 29.2 Å². The minimum Gasteiger partial charge on any atom is -0.481 e. The first-order valence-electron chi connectivity index (χ1n) is 11.0. The van der Waals surface area contributed by atoms with Gasteiger partial charge < -0.3 is 10.4 Å². The first kappa shape index (κ1) is 24.1. The Morgan fingerprint density at radius 1 is 1.26 bits per heavy atom. The number of pyridine rings is 1. The molecule has 3 N–H and O–H groups in total. The number of anilines is 2. The molecular weight excluding hydrogens is 464 g/mol. The number of aromatic amines is 1. The number of carboxylic acids is 1. The molecule has 0 spiro atoms. The summed E-state index contributed by atoms with van der Waals surface area (Å²) in [6.07, 6.45) is 0.545. The van der Waals surface area contributed by atoms with Gasteiger partial charge in [-0.2, -0.15) is 5.10 Å². The molecule has 34 heavy (non-hydrogen) atoms. The quantitative estimate of drug-likeness (QED) is 0.432. The van der Waals surface area contributed by atoms with Crippen LogP contribution in [-0.4, -0.2) is 44.2 Å². The Kier molecular flexibility index (Phi) is 6.86. The number of aryl methyl sites for hydroxylation is 2. The predicted octanol–water partition coefficient (Wildman–Crippen LogP) is 5.01. The Labute approximate surface area is 201 Å². The molecule has 0 radical (unpaired) electrons. The van der Waals surface area contributed by atoms with Crippen LogP contribution in [0.3, 0.4) is 0 Å². The van der Waals surface area contributed by atoms with Crippen LogP contribution in [0.5, 0.6) is 0 Å². The summed E-state index contributed by atoms with van der Waals surface area (Å²) in [6.45, 7) is 4.78. The van der Waals surface area contributed by atoms with Crippen LogP contribution in [0.1, 0.15) is 35.4 Å². The van der Waals surface area contributed by atoms with Crippen molar-refractivity contribution in [3.8, 4) is 0 Å². The second-order valence-corrected chi connectivity index (χ2v) is 9.30. The lowest BCUT2D eigenvalue weighted by Gasteiger charge is -2.39. The summed E-state index contributed by atoms with van der Waals surface area (Å²) < 4.78 is 29.1. The fourth-order valence-corrected chi connectivity index (χ4v) is 4.50. The van der Waals surface area contributed by atoms with E-state index in [0.29, 0.717) is 55.2 Å². The molecule has 0 amide bonds. The van der Waals surface area contributed by atoms with Gasteiger partial charge in [0.25, 0.3) is 0 Å². The molecule has 0 bridgehead atoms. The van der Waals surface area contributed by atoms with Crippen molar-refractivity contribution in [2.75, 3.05) is 18.4 Å². The highest BCUT2D eigenvalue weighted by atomic mass is 35.5. The van der Waals surface area contributed by atoms with Gasteiger partial charge in [0.15, 0.2) is 5.82 Å². The standard InChI is InChI=1S/C24H26ClF2N5O2/c1-14-10-18(26)19(28-22(14)29-20-11-15(2)30-31-20)12-24(23(33)34)6-8-32(9-7-24)13-16-4-3-5-17(25)21(16)27/h3-5,10-11H,6-9,12-13H2,1-2H3,(H,33,34)(H2,28,29,30,31). The van der Waals surface area contributed by atoms with Crippen molar-refractivity contribution < 1.29 is 18.7 Å². The number of nitrogens with one attached hydrogen (secondary N) is 2. The number of likely N-dealkylation sites (tertiary alicyclic amines) is 1. The van der Waals surface area contributed by atoms with E-state index in [9.17, 15) is 18.7 Å². The maximum absolute atomic E-state index is 14.8. The summed E-state index contributed by atoms with van der Waals surface area (Å²) in [5.74, 6) is -1.01. The summed E-state index contributed by atoms with van der Waals surface area (Å²) in [6, 6.07) is 8.00. The highest BCUT2D eigenvalue weighted by Gasteiger charge is 2.42. The van der Waals surface area contributed by atoms with E-state index in [1.54, 1.807) is 25.1 Å². The number of rotatable bonds is 7. The molecule has 1 aliphatic heterocycles. The lowest BCUT2D eigenvalue weighted by molar-refractivity contribution is -0.152. The normalized spacial score (nSPS) is 15.9. The largest absolute Gasteiger partial charge is 0.481 e. The van der Waals surface area contributed by atoms with Crippen molar-refractivity contribution in [3.63, 3.8) is 0 Å². The number of piperidine rings is 1. The van der Waals surface area contributed by atoms with Gasteiger partial charge in [0.2, 0.25) is 0 Å². The number of hydrogen-bond donors (Lipinski definition) is 3. The van der Waals surface area contributed by atoms with Crippen LogP contribution >= 0.6 is 11.6 Å². The van der Waals surface area contributed by atoms with Crippen LogP contribution in [0, 0.1) is 30.9 Å². The van der Waals surface area contributed by atoms with Gasteiger partial charge in [0.05, 0.1) is 16.1 Å². The Hall–Kier alpha value is -3.04. The van der Waals surface area contributed by atoms with E-state index in [1.807, 2.05) is 11.8 Å². The third kappa shape index (κ3) is 5.05. The Balaban J connectivity index is 1.50. The van der Waals surface area contributed by atoms with Crippen molar-refractivity contribution in [1.29, 1.82) is 0 Å². The lowest BCUT2D eigenvalue weighted by atomic mass is 9.74. The molecule has 10 heteroatoms. The van der Waals surface area contributed by atoms with Gasteiger partial charge in [0, 0.05) is 30.3 Å². The summed E-state index contributed by atoms with van der Waals surface area (Å²) in [5, 5.41) is 20.1. The molecule has 1 aliphatic rings. The van der Waals surface area contributed by atoms with Gasteiger partial charge in [-0.25, -0.2) is 13.8 Å². The van der Waals surface area contributed by atoms with Gasteiger partial charge in [0.1, 0.15) is 17.5 Å². The summed E-state index contributed by atoms with van der Waals surface area (Å²) in [5.41, 5.74) is 0.844. The molecule has 0 saturated carbocycles. The van der Waals surface area contributed by atoms with Crippen molar-refractivity contribution in [3.05, 3.63) is 69.5 Å². The lowest BCUT2D eigenvalue weighted by Crippen LogP contribution is -2.45. The second-order valence-electron chi connectivity index (χ2n) is 8.89. The number of carboxylic acid groups (broad SMARTS) is 1. The molecule has 3 aromatic rings. The molecule has 7 nitrogen and oxygen atoms in total. The maximum Gasteiger partial charge on any atom is 0.310 e. The van der Waals surface area contributed by atoms with Crippen molar-refractivity contribution in [2.45, 2.75) is 39.7 Å². The number of benzene rings is 1. The number of nitrogens with zero attached hydrogens (tertiary/aromatic N) is 3. The summed E-state index contributed by atoms with van der Waals surface area (Å²) in [7, 11) is 0. The number of aromatic nitrogens is 3. The van der Waals surface area contributed by atoms with Gasteiger partial charge in [-0.15, -0.1) is 0 Å². The first-order valence-corrected chi connectivity index (χ1v) is 11.4. The van der Waals surface area contributed by atoms with E-state index in [1.165, 1.54) is 12.1 Å². The zero-order valence-corrected chi connectivity index (χ0v) is 19.7.